The summed E-state index contributed by atoms with van der Waals surface area (Å²) in [5.41, 5.74) is -1.29. The van der Waals surface area contributed by atoms with Gasteiger partial charge in [0.15, 0.2) is 0 Å². The Morgan fingerprint density at radius 3 is 2.43 bits per heavy atom. The number of likely N-dealkylation sites (tertiary alicyclic amines) is 1. The average Bonchev–Trinajstić information content (AvgIpc) is 3.08. The quantitative estimate of drug-likeness (QED) is 0.297. The number of aromatic nitrogens is 1. The molecule has 0 spiro atoms. The number of anilines is 1. The number of hydrogen-bond donors (Lipinski definition) is 1. The third-order valence-electron chi connectivity index (χ3n) is 5.65. The number of carbonyl (C=O) groups excluding carboxylic acids is 2. The van der Waals surface area contributed by atoms with Gasteiger partial charge in [0.2, 0.25) is 0 Å². The molecule has 0 aliphatic carbocycles. The molecule has 3 aromatic rings. The number of amides is 2. The van der Waals surface area contributed by atoms with E-state index >= 15 is 0 Å². The van der Waals surface area contributed by atoms with Crippen molar-refractivity contribution in [3.63, 3.8) is 0 Å². The summed E-state index contributed by atoms with van der Waals surface area (Å²) in [4.78, 5) is 32.1. The molecule has 2 heterocycles. The Balaban J connectivity index is 1.82. The van der Waals surface area contributed by atoms with Gasteiger partial charge < -0.3 is 0 Å². The Labute approximate surface area is 203 Å². The molecule has 182 valence electrons. The number of carbonyl (C=O) groups is 2. The van der Waals surface area contributed by atoms with Crippen molar-refractivity contribution < 1.29 is 31.5 Å². The SMILES string of the molecule is CN1CC(c2ccc(C(F)(F)F)nc2)C([Se]c2ccccc2)(C(=O)Nc2cccc(F)c2F)C1=O. The number of likely N-dealkylation sites (N-methyl/N-ethyl adjacent to an activating group) is 1. The molecule has 1 saturated heterocycles. The van der Waals surface area contributed by atoms with Crippen LogP contribution in [0.1, 0.15) is 17.2 Å². The molecule has 1 fully saturated rings. The zero-order chi connectivity index (χ0) is 25.4. The van der Waals surface area contributed by atoms with Crippen molar-refractivity contribution in [3.05, 3.63) is 89.8 Å². The maximum atomic E-state index is 14.4. The average molecular weight is 554 g/mol. The van der Waals surface area contributed by atoms with Gasteiger partial charge in [-0.25, -0.2) is 0 Å². The molecule has 35 heavy (non-hydrogen) atoms. The maximum absolute atomic E-state index is 14.4. The number of hydrogen-bond acceptors (Lipinski definition) is 3. The molecule has 1 aromatic heterocycles. The molecule has 5 nitrogen and oxygen atoms in total. The van der Waals surface area contributed by atoms with Gasteiger partial charge >= 0.3 is 203 Å². The zero-order valence-electron chi connectivity index (χ0n) is 18.1. The van der Waals surface area contributed by atoms with Crippen LogP contribution in [-0.4, -0.2) is 50.2 Å². The molecule has 4 rings (SSSR count). The molecule has 0 bridgehead atoms. The third kappa shape index (κ3) is 4.66. The van der Waals surface area contributed by atoms with Gasteiger partial charge in [-0.05, 0) is 0 Å². The van der Waals surface area contributed by atoms with Gasteiger partial charge in [0.25, 0.3) is 0 Å². The topological polar surface area (TPSA) is 62.3 Å². The van der Waals surface area contributed by atoms with Crippen LogP contribution < -0.4 is 9.78 Å². The summed E-state index contributed by atoms with van der Waals surface area (Å²) < 4.78 is 66.1. The monoisotopic (exact) mass is 555 g/mol. The minimum absolute atomic E-state index is 0.0273. The van der Waals surface area contributed by atoms with Gasteiger partial charge in [0.05, 0.1) is 0 Å². The number of pyridine rings is 1. The first-order valence-electron chi connectivity index (χ1n) is 10.3. The molecule has 2 aromatic carbocycles. The first-order chi connectivity index (χ1) is 16.5. The zero-order valence-corrected chi connectivity index (χ0v) is 19.9. The van der Waals surface area contributed by atoms with Crippen molar-refractivity contribution >= 4 is 36.9 Å². The summed E-state index contributed by atoms with van der Waals surface area (Å²) in [6.07, 6.45) is -3.65. The number of halogens is 5. The predicted octanol–water partition coefficient (Wildman–Crippen LogP) is 3.76. The summed E-state index contributed by atoms with van der Waals surface area (Å²) >= 11 is -0.878. The Morgan fingerprint density at radius 2 is 1.80 bits per heavy atom. The van der Waals surface area contributed by atoms with Gasteiger partial charge in [0.1, 0.15) is 0 Å². The number of alkyl halides is 3. The number of nitrogens with one attached hydrogen (secondary N) is 1. The summed E-state index contributed by atoms with van der Waals surface area (Å²) in [6, 6.07) is 13.9. The van der Waals surface area contributed by atoms with E-state index in [0.29, 0.717) is 4.46 Å². The van der Waals surface area contributed by atoms with Gasteiger partial charge in [-0.3, -0.25) is 0 Å². The second-order valence-corrected chi connectivity index (χ2v) is 10.7. The molecule has 2 amide bonds. The minimum atomic E-state index is -4.65. The molecule has 0 radical (unpaired) electrons. The second-order valence-electron chi connectivity index (χ2n) is 7.92. The van der Waals surface area contributed by atoms with Crippen LogP contribution in [0.3, 0.4) is 0 Å². The first-order valence-corrected chi connectivity index (χ1v) is 12.0. The van der Waals surface area contributed by atoms with Crippen molar-refractivity contribution in [2.75, 3.05) is 18.9 Å². The van der Waals surface area contributed by atoms with Crippen LogP contribution >= 0.6 is 0 Å². The van der Waals surface area contributed by atoms with E-state index in [9.17, 15) is 31.5 Å². The van der Waals surface area contributed by atoms with E-state index in [2.05, 4.69) is 10.3 Å². The third-order valence-corrected chi connectivity index (χ3v) is 8.74. The fourth-order valence-electron chi connectivity index (χ4n) is 3.94. The number of benzene rings is 2. The van der Waals surface area contributed by atoms with Gasteiger partial charge in [-0.15, -0.1) is 0 Å². The van der Waals surface area contributed by atoms with Crippen molar-refractivity contribution in [3.8, 4) is 0 Å². The van der Waals surface area contributed by atoms with E-state index in [-0.39, 0.29) is 12.1 Å². The van der Waals surface area contributed by atoms with E-state index in [1.165, 1.54) is 24.1 Å². The fourth-order valence-corrected chi connectivity index (χ4v) is 6.89. The van der Waals surface area contributed by atoms with E-state index in [1.807, 2.05) is 0 Å². The Bertz CT molecular complexity index is 1250. The summed E-state index contributed by atoms with van der Waals surface area (Å²) in [5, 5.41) is 2.35. The molecule has 1 aliphatic rings. The Kier molecular flexibility index (Phi) is 6.66. The van der Waals surface area contributed by atoms with E-state index in [0.717, 1.165) is 24.4 Å². The van der Waals surface area contributed by atoms with Crippen LogP contribution in [0, 0.1) is 11.6 Å². The van der Waals surface area contributed by atoms with E-state index in [1.54, 1.807) is 30.3 Å². The normalized spacial score (nSPS) is 20.2. The van der Waals surface area contributed by atoms with Crippen molar-refractivity contribution in [2.24, 2.45) is 0 Å². The summed E-state index contributed by atoms with van der Waals surface area (Å²) in [7, 11) is 1.48. The molecular weight excluding hydrogens is 536 g/mol. The predicted molar refractivity (Wildman–Crippen MR) is 119 cm³/mol. The van der Waals surface area contributed by atoms with E-state index < -0.39 is 66.2 Å². The molecule has 2 atom stereocenters. The number of rotatable bonds is 5. The molecular formula is C24H18F5N3O2Se. The van der Waals surface area contributed by atoms with Crippen LogP contribution in [0.5, 0.6) is 0 Å². The number of nitrogens with zero attached hydrogens (tertiary/aromatic N) is 2. The summed E-state index contributed by atoms with van der Waals surface area (Å²) in [6.45, 7) is 0.0273. The van der Waals surface area contributed by atoms with Crippen molar-refractivity contribution in [1.29, 1.82) is 0 Å². The van der Waals surface area contributed by atoms with Crippen LogP contribution in [0.2, 0.25) is 4.31 Å². The van der Waals surface area contributed by atoms with E-state index in [4.69, 9.17) is 0 Å². The summed E-state index contributed by atoms with van der Waals surface area (Å²) in [5.74, 6) is -4.78. The van der Waals surface area contributed by atoms with Crippen LogP contribution in [-0.2, 0) is 15.8 Å². The van der Waals surface area contributed by atoms with Gasteiger partial charge in [-0.2, -0.15) is 0 Å². The van der Waals surface area contributed by atoms with Gasteiger partial charge in [-0.1, -0.05) is 0 Å². The first kappa shape index (κ1) is 24.8. The van der Waals surface area contributed by atoms with Gasteiger partial charge in [0, 0.05) is 0 Å². The van der Waals surface area contributed by atoms with Crippen LogP contribution in [0.25, 0.3) is 0 Å². The second kappa shape index (κ2) is 9.39. The molecule has 1 aliphatic heterocycles. The molecule has 11 heteroatoms. The van der Waals surface area contributed by atoms with Crippen LogP contribution in [0.4, 0.5) is 27.6 Å². The standard InChI is InChI=1S/C24H18F5N3O2Se/c1-32-13-16(14-10-11-19(30-12-14)24(27,28)29)23(22(32)34,35-15-6-3-2-4-7-15)21(33)31-18-9-5-8-17(25)20(18)26/h2-12,16H,13H2,1H3,(H,31,33). The molecule has 0 saturated carbocycles. The fraction of sp³-hybridized carbons (Fsp3) is 0.208. The molecule has 1 N–H and O–H groups in total. The van der Waals surface area contributed by atoms with Crippen molar-refractivity contribution in [2.45, 2.75) is 16.4 Å². The Morgan fingerprint density at radius 1 is 1.09 bits per heavy atom. The molecule has 2 unspecified atom stereocenters. The van der Waals surface area contributed by atoms with Crippen LogP contribution in [0.15, 0.2) is 66.9 Å². The Hall–Kier alpha value is -3.30. The van der Waals surface area contributed by atoms with Crippen molar-refractivity contribution in [1.82, 2.24) is 9.88 Å².